The Morgan fingerprint density at radius 2 is 1.94 bits per heavy atom. The molecule has 1 aromatic carbocycles. The summed E-state index contributed by atoms with van der Waals surface area (Å²) >= 11 is 0. The number of benzene rings is 1. The van der Waals surface area contributed by atoms with E-state index in [0.717, 1.165) is 0 Å². The maximum absolute atomic E-state index is 11.9. The zero-order valence-corrected chi connectivity index (χ0v) is 9.73. The second kappa shape index (κ2) is 7.38. The Bertz CT molecular complexity index is 424. The minimum atomic E-state index is -2.86. The SMILES string of the molecule is N#CCCCCC(=O)c1ccc(OC(F)F)cc1. The van der Waals surface area contributed by atoms with Crippen molar-refractivity contribution < 1.29 is 18.3 Å². The lowest BCUT2D eigenvalue weighted by molar-refractivity contribution is -0.0498. The highest BCUT2D eigenvalue weighted by Gasteiger charge is 2.07. The third kappa shape index (κ3) is 4.91. The predicted octanol–water partition coefficient (Wildman–Crippen LogP) is 3.55. The molecule has 0 aliphatic carbocycles. The number of carbonyl (C=O) groups is 1. The molecule has 3 nitrogen and oxygen atoms in total. The number of halogens is 2. The number of ketones is 1. The van der Waals surface area contributed by atoms with E-state index in [2.05, 4.69) is 4.74 Å². The molecule has 0 amide bonds. The number of nitriles is 1. The molecule has 0 saturated heterocycles. The van der Waals surface area contributed by atoms with E-state index in [0.29, 0.717) is 31.2 Å². The molecule has 0 unspecified atom stereocenters. The molecule has 0 bridgehead atoms. The minimum Gasteiger partial charge on any atom is -0.435 e. The van der Waals surface area contributed by atoms with Gasteiger partial charge in [0, 0.05) is 18.4 Å². The first kappa shape index (κ1) is 14.1. The minimum absolute atomic E-state index is 0.0334. The van der Waals surface area contributed by atoms with Gasteiger partial charge in [-0.05, 0) is 37.1 Å². The van der Waals surface area contributed by atoms with Gasteiger partial charge in [0.05, 0.1) is 6.07 Å². The second-order valence-corrected chi connectivity index (χ2v) is 3.69. The van der Waals surface area contributed by atoms with Gasteiger partial charge < -0.3 is 4.74 Å². The highest BCUT2D eigenvalue weighted by Crippen LogP contribution is 2.16. The van der Waals surface area contributed by atoms with E-state index >= 15 is 0 Å². The molecule has 0 N–H and O–H groups in total. The number of rotatable bonds is 7. The van der Waals surface area contributed by atoms with E-state index < -0.39 is 6.61 Å². The average molecular weight is 253 g/mol. The Hall–Kier alpha value is -1.96. The Kier molecular flexibility index (Phi) is 5.78. The fourth-order valence-corrected chi connectivity index (χ4v) is 1.46. The lowest BCUT2D eigenvalue weighted by atomic mass is 10.0. The number of nitrogens with zero attached hydrogens (tertiary/aromatic N) is 1. The van der Waals surface area contributed by atoms with Gasteiger partial charge in [-0.15, -0.1) is 0 Å². The molecule has 0 heterocycles. The molecule has 1 aromatic rings. The van der Waals surface area contributed by atoms with Crippen LogP contribution < -0.4 is 4.74 Å². The van der Waals surface area contributed by atoms with E-state index in [4.69, 9.17) is 5.26 Å². The molecular weight excluding hydrogens is 240 g/mol. The standard InChI is InChI=1S/C13H13F2NO2/c14-13(15)18-11-7-5-10(6-8-11)12(17)4-2-1-3-9-16/h5-8,13H,1-4H2. The number of unbranched alkanes of at least 4 members (excludes halogenated alkanes) is 2. The van der Waals surface area contributed by atoms with Crippen LogP contribution in [-0.4, -0.2) is 12.4 Å². The average Bonchev–Trinajstić information content (AvgIpc) is 2.34. The molecule has 1 rings (SSSR count). The molecule has 0 atom stereocenters. The fourth-order valence-electron chi connectivity index (χ4n) is 1.46. The molecule has 0 radical (unpaired) electrons. The summed E-state index contributed by atoms with van der Waals surface area (Å²) in [5, 5.41) is 8.34. The molecule has 18 heavy (non-hydrogen) atoms. The van der Waals surface area contributed by atoms with Crippen molar-refractivity contribution in [2.24, 2.45) is 0 Å². The first-order valence-corrected chi connectivity index (χ1v) is 5.58. The second-order valence-electron chi connectivity index (χ2n) is 3.69. The Balaban J connectivity index is 2.46. The molecule has 96 valence electrons. The maximum atomic E-state index is 11.9. The van der Waals surface area contributed by atoms with Gasteiger partial charge in [0.1, 0.15) is 5.75 Å². The van der Waals surface area contributed by atoms with Crippen molar-refractivity contribution in [1.82, 2.24) is 0 Å². The van der Waals surface area contributed by atoms with Crippen molar-refractivity contribution in [1.29, 1.82) is 5.26 Å². The molecule has 0 spiro atoms. The summed E-state index contributed by atoms with van der Waals surface area (Å²) in [6.07, 6.45) is 2.14. The first-order valence-electron chi connectivity index (χ1n) is 5.58. The first-order chi connectivity index (χ1) is 8.63. The van der Waals surface area contributed by atoms with Gasteiger partial charge in [-0.2, -0.15) is 14.0 Å². The van der Waals surface area contributed by atoms with Crippen LogP contribution in [0.25, 0.3) is 0 Å². The summed E-state index contributed by atoms with van der Waals surface area (Å²) < 4.78 is 28.0. The lowest BCUT2D eigenvalue weighted by Crippen LogP contribution is -2.03. The van der Waals surface area contributed by atoms with Crippen LogP contribution in [0.5, 0.6) is 5.75 Å². The third-order valence-corrected chi connectivity index (χ3v) is 2.34. The van der Waals surface area contributed by atoms with Crippen LogP contribution in [0.15, 0.2) is 24.3 Å². The van der Waals surface area contributed by atoms with Gasteiger partial charge in [0.15, 0.2) is 5.78 Å². The van der Waals surface area contributed by atoms with E-state index in [9.17, 15) is 13.6 Å². The lowest BCUT2D eigenvalue weighted by Gasteiger charge is -2.05. The highest BCUT2D eigenvalue weighted by molar-refractivity contribution is 5.96. The molecule has 0 aromatic heterocycles. The van der Waals surface area contributed by atoms with Crippen molar-refractivity contribution in [2.75, 3.05) is 0 Å². The van der Waals surface area contributed by atoms with Crippen molar-refractivity contribution in [3.05, 3.63) is 29.8 Å². The number of hydrogen-bond donors (Lipinski definition) is 0. The van der Waals surface area contributed by atoms with Gasteiger partial charge in [-0.1, -0.05) is 0 Å². The maximum Gasteiger partial charge on any atom is 0.387 e. The molecule has 0 aliphatic rings. The van der Waals surface area contributed by atoms with E-state index in [1.165, 1.54) is 24.3 Å². The number of ether oxygens (including phenoxy) is 1. The summed E-state index contributed by atoms with van der Waals surface area (Å²) in [5.74, 6) is -0.0254. The van der Waals surface area contributed by atoms with Crippen LogP contribution in [0.2, 0.25) is 0 Å². The van der Waals surface area contributed by atoms with Gasteiger partial charge >= 0.3 is 6.61 Å². The van der Waals surface area contributed by atoms with E-state index in [1.54, 1.807) is 0 Å². The molecule has 5 heteroatoms. The van der Waals surface area contributed by atoms with Crippen LogP contribution in [-0.2, 0) is 0 Å². The summed E-state index contributed by atoms with van der Waals surface area (Å²) in [7, 11) is 0. The Morgan fingerprint density at radius 1 is 1.28 bits per heavy atom. The van der Waals surface area contributed by atoms with Gasteiger partial charge in [0.25, 0.3) is 0 Å². The largest absolute Gasteiger partial charge is 0.435 e. The fraction of sp³-hybridized carbons (Fsp3) is 0.385. The van der Waals surface area contributed by atoms with Crippen molar-refractivity contribution in [3.63, 3.8) is 0 Å². The summed E-state index contributed by atoms with van der Waals surface area (Å²) in [5.41, 5.74) is 0.466. The smallest absolute Gasteiger partial charge is 0.387 e. The van der Waals surface area contributed by atoms with Crippen LogP contribution in [0, 0.1) is 11.3 Å². The topological polar surface area (TPSA) is 50.1 Å². The zero-order chi connectivity index (χ0) is 13.4. The predicted molar refractivity (Wildman–Crippen MR) is 61.5 cm³/mol. The van der Waals surface area contributed by atoms with Crippen molar-refractivity contribution in [2.45, 2.75) is 32.3 Å². The summed E-state index contributed by atoms with van der Waals surface area (Å²) in [6, 6.07) is 7.62. The Labute approximate surface area is 104 Å². The number of hydrogen-bond acceptors (Lipinski definition) is 3. The summed E-state index contributed by atoms with van der Waals surface area (Å²) in [6.45, 7) is -2.86. The van der Waals surface area contributed by atoms with Gasteiger partial charge in [0.2, 0.25) is 0 Å². The number of Topliss-reactive ketones (excluding diaryl/α,β-unsaturated/α-hetero) is 1. The monoisotopic (exact) mass is 253 g/mol. The van der Waals surface area contributed by atoms with Crippen LogP contribution in [0.4, 0.5) is 8.78 Å². The van der Waals surface area contributed by atoms with Crippen LogP contribution in [0.3, 0.4) is 0 Å². The number of carbonyl (C=O) groups excluding carboxylic acids is 1. The van der Waals surface area contributed by atoms with Gasteiger partial charge in [-0.3, -0.25) is 4.79 Å². The molecule has 0 aliphatic heterocycles. The molecular formula is C13H13F2NO2. The quantitative estimate of drug-likeness (QED) is 0.551. The van der Waals surface area contributed by atoms with Crippen molar-refractivity contribution in [3.8, 4) is 11.8 Å². The molecule has 0 saturated carbocycles. The summed E-state index contributed by atoms with van der Waals surface area (Å²) in [4.78, 5) is 11.7. The van der Waals surface area contributed by atoms with E-state index in [1.807, 2.05) is 6.07 Å². The third-order valence-electron chi connectivity index (χ3n) is 2.34. The molecule has 0 fully saturated rings. The zero-order valence-electron chi connectivity index (χ0n) is 9.73. The number of alkyl halides is 2. The Morgan fingerprint density at radius 3 is 2.50 bits per heavy atom. The van der Waals surface area contributed by atoms with Crippen LogP contribution >= 0.6 is 0 Å². The van der Waals surface area contributed by atoms with Gasteiger partial charge in [-0.25, -0.2) is 0 Å². The van der Waals surface area contributed by atoms with Crippen LogP contribution in [0.1, 0.15) is 36.0 Å². The van der Waals surface area contributed by atoms with E-state index in [-0.39, 0.29) is 11.5 Å². The highest BCUT2D eigenvalue weighted by atomic mass is 19.3. The normalized spacial score (nSPS) is 10.1. The van der Waals surface area contributed by atoms with Crippen molar-refractivity contribution >= 4 is 5.78 Å².